The van der Waals surface area contributed by atoms with Crippen LogP contribution in [0.1, 0.15) is 13.3 Å². The molecule has 0 aliphatic rings. The van der Waals surface area contributed by atoms with E-state index in [-0.39, 0.29) is 24.6 Å². The van der Waals surface area contributed by atoms with E-state index in [1.54, 1.807) is 18.2 Å². The zero-order chi connectivity index (χ0) is 12.3. The standard InChI is InChI=1S/C13H12O4/c1-9(14)6-7-16-12-8-10-4-2-3-5-11(10)17-13(12)15/h2-5,8H,6-7H2,1H3. The molecule has 0 unspecified atom stereocenters. The monoisotopic (exact) mass is 232 g/mol. The summed E-state index contributed by atoms with van der Waals surface area (Å²) in [5.74, 6) is 0.167. The van der Waals surface area contributed by atoms with Crippen LogP contribution in [0.5, 0.6) is 5.75 Å². The van der Waals surface area contributed by atoms with E-state index in [1.807, 2.05) is 12.1 Å². The van der Waals surface area contributed by atoms with Crippen molar-refractivity contribution in [2.75, 3.05) is 6.61 Å². The van der Waals surface area contributed by atoms with Crippen LogP contribution in [-0.4, -0.2) is 12.4 Å². The second-order valence-corrected chi connectivity index (χ2v) is 3.74. The summed E-state index contributed by atoms with van der Waals surface area (Å²) in [4.78, 5) is 22.3. The van der Waals surface area contributed by atoms with Crippen LogP contribution in [0, 0.1) is 0 Å². The maximum atomic E-state index is 11.5. The molecule has 0 saturated carbocycles. The molecule has 0 bridgehead atoms. The molecule has 0 aliphatic heterocycles. The van der Waals surface area contributed by atoms with Crippen molar-refractivity contribution >= 4 is 16.8 Å². The molecule has 1 aromatic heterocycles. The second kappa shape index (κ2) is 4.82. The predicted octanol–water partition coefficient (Wildman–Crippen LogP) is 2.15. The fraction of sp³-hybridized carbons (Fsp3) is 0.231. The molecule has 4 heteroatoms. The Balaban J connectivity index is 2.25. The van der Waals surface area contributed by atoms with Crippen molar-refractivity contribution < 1.29 is 13.9 Å². The smallest absolute Gasteiger partial charge is 0.379 e. The van der Waals surface area contributed by atoms with Gasteiger partial charge in [-0.05, 0) is 19.1 Å². The van der Waals surface area contributed by atoms with E-state index in [0.717, 1.165) is 5.39 Å². The Kier molecular flexibility index (Phi) is 3.23. The number of rotatable bonds is 4. The number of carbonyl (C=O) groups is 1. The van der Waals surface area contributed by atoms with Crippen molar-refractivity contribution in [1.29, 1.82) is 0 Å². The first-order valence-corrected chi connectivity index (χ1v) is 5.32. The molecule has 0 fully saturated rings. The molecule has 0 spiro atoms. The SMILES string of the molecule is CC(=O)CCOc1cc2ccccc2oc1=O. The number of hydrogen-bond acceptors (Lipinski definition) is 4. The number of ether oxygens (including phenoxy) is 1. The number of ketones is 1. The Morgan fingerprint density at radius 2 is 2.12 bits per heavy atom. The molecule has 17 heavy (non-hydrogen) atoms. The van der Waals surface area contributed by atoms with Crippen LogP contribution in [0.15, 0.2) is 39.5 Å². The van der Waals surface area contributed by atoms with Gasteiger partial charge in [-0.3, -0.25) is 4.79 Å². The lowest BCUT2D eigenvalue weighted by atomic mass is 10.2. The number of carbonyl (C=O) groups excluding carboxylic acids is 1. The van der Waals surface area contributed by atoms with Gasteiger partial charge >= 0.3 is 5.63 Å². The van der Waals surface area contributed by atoms with Gasteiger partial charge in [-0.1, -0.05) is 18.2 Å². The lowest BCUT2D eigenvalue weighted by molar-refractivity contribution is -0.117. The molecule has 1 heterocycles. The van der Waals surface area contributed by atoms with E-state index in [1.165, 1.54) is 6.92 Å². The van der Waals surface area contributed by atoms with Crippen LogP contribution in [0.4, 0.5) is 0 Å². The van der Waals surface area contributed by atoms with Crippen LogP contribution in [0.25, 0.3) is 11.0 Å². The Morgan fingerprint density at radius 1 is 1.35 bits per heavy atom. The van der Waals surface area contributed by atoms with Gasteiger partial charge in [0.05, 0.1) is 6.61 Å². The van der Waals surface area contributed by atoms with E-state index >= 15 is 0 Å². The van der Waals surface area contributed by atoms with Crippen molar-refractivity contribution in [3.63, 3.8) is 0 Å². The Hall–Kier alpha value is -2.10. The summed E-state index contributed by atoms with van der Waals surface area (Å²) < 4.78 is 10.3. The molecule has 4 nitrogen and oxygen atoms in total. The molecule has 2 rings (SSSR count). The largest absolute Gasteiger partial charge is 0.486 e. The summed E-state index contributed by atoms with van der Waals surface area (Å²) in [5.41, 5.74) is 0.00340. The topological polar surface area (TPSA) is 56.5 Å². The third-order valence-corrected chi connectivity index (χ3v) is 2.32. The highest BCUT2D eigenvalue weighted by molar-refractivity contribution is 5.77. The zero-order valence-electron chi connectivity index (χ0n) is 9.43. The molecule has 0 N–H and O–H groups in total. The van der Waals surface area contributed by atoms with Crippen LogP contribution >= 0.6 is 0 Å². The fourth-order valence-corrected chi connectivity index (χ4v) is 1.45. The van der Waals surface area contributed by atoms with Crippen molar-refractivity contribution in [1.82, 2.24) is 0 Å². The number of para-hydroxylation sites is 1. The highest BCUT2D eigenvalue weighted by atomic mass is 16.5. The molecule has 88 valence electrons. The van der Waals surface area contributed by atoms with Crippen molar-refractivity contribution in [2.45, 2.75) is 13.3 Å². The van der Waals surface area contributed by atoms with E-state index in [4.69, 9.17) is 9.15 Å². The van der Waals surface area contributed by atoms with E-state index < -0.39 is 5.63 Å². The fourth-order valence-electron chi connectivity index (χ4n) is 1.45. The molecular formula is C13H12O4. The van der Waals surface area contributed by atoms with Gasteiger partial charge in [0.15, 0.2) is 0 Å². The van der Waals surface area contributed by atoms with Gasteiger partial charge in [-0.25, -0.2) is 4.79 Å². The maximum Gasteiger partial charge on any atom is 0.379 e. The van der Waals surface area contributed by atoms with Gasteiger partial charge in [0.2, 0.25) is 5.75 Å². The average molecular weight is 232 g/mol. The van der Waals surface area contributed by atoms with E-state index in [2.05, 4.69) is 0 Å². The minimum Gasteiger partial charge on any atom is -0.486 e. The summed E-state index contributed by atoms with van der Waals surface area (Å²) in [7, 11) is 0. The first-order valence-electron chi connectivity index (χ1n) is 5.32. The zero-order valence-corrected chi connectivity index (χ0v) is 9.43. The third-order valence-electron chi connectivity index (χ3n) is 2.32. The molecule has 0 radical (unpaired) electrons. The number of benzene rings is 1. The predicted molar refractivity (Wildman–Crippen MR) is 63.3 cm³/mol. The number of Topliss-reactive ketones (excluding diaryl/α,β-unsaturated/α-hetero) is 1. The summed E-state index contributed by atoms with van der Waals surface area (Å²) in [6.07, 6.45) is 0.284. The van der Waals surface area contributed by atoms with Gasteiger partial charge in [-0.2, -0.15) is 0 Å². The molecule has 1 aromatic carbocycles. The minimum absolute atomic E-state index is 0.0233. The highest BCUT2D eigenvalue weighted by Crippen LogP contribution is 2.16. The highest BCUT2D eigenvalue weighted by Gasteiger charge is 2.06. The van der Waals surface area contributed by atoms with E-state index in [9.17, 15) is 9.59 Å². The van der Waals surface area contributed by atoms with Crippen LogP contribution in [0.3, 0.4) is 0 Å². The molecule has 0 saturated heterocycles. The lowest BCUT2D eigenvalue weighted by Gasteiger charge is -2.04. The van der Waals surface area contributed by atoms with Gasteiger partial charge in [0.25, 0.3) is 0 Å². The van der Waals surface area contributed by atoms with Crippen molar-refractivity contribution in [2.24, 2.45) is 0 Å². The normalized spacial score (nSPS) is 10.4. The molecule has 2 aromatic rings. The van der Waals surface area contributed by atoms with Gasteiger partial charge in [0, 0.05) is 11.8 Å². The van der Waals surface area contributed by atoms with Gasteiger partial charge < -0.3 is 9.15 Å². The maximum absolute atomic E-state index is 11.5. The number of fused-ring (bicyclic) bond motifs is 1. The van der Waals surface area contributed by atoms with Crippen molar-refractivity contribution in [3.8, 4) is 5.75 Å². The quantitative estimate of drug-likeness (QED) is 0.758. The summed E-state index contributed by atoms with van der Waals surface area (Å²) in [6.45, 7) is 1.67. The van der Waals surface area contributed by atoms with Crippen molar-refractivity contribution in [3.05, 3.63) is 40.8 Å². The number of hydrogen-bond donors (Lipinski definition) is 0. The Morgan fingerprint density at radius 3 is 2.88 bits per heavy atom. The summed E-state index contributed by atoms with van der Waals surface area (Å²) in [5, 5.41) is 0.796. The van der Waals surface area contributed by atoms with Crippen LogP contribution in [-0.2, 0) is 4.79 Å². The van der Waals surface area contributed by atoms with Crippen LogP contribution in [0.2, 0.25) is 0 Å². The summed E-state index contributed by atoms with van der Waals surface area (Å²) >= 11 is 0. The molecule has 0 amide bonds. The molecule has 0 aliphatic carbocycles. The minimum atomic E-state index is -0.521. The van der Waals surface area contributed by atoms with Crippen LogP contribution < -0.4 is 10.4 Å². The molecular weight excluding hydrogens is 220 g/mol. The average Bonchev–Trinajstić information content (AvgIpc) is 2.29. The lowest BCUT2D eigenvalue weighted by Crippen LogP contribution is -2.09. The second-order valence-electron chi connectivity index (χ2n) is 3.74. The van der Waals surface area contributed by atoms with E-state index in [0.29, 0.717) is 5.58 Å². The first kappa shape index (κ1) is 11.4. The Bertz CT molecular complexity index is 598. The third kappa shape index (κ3) is 2.72. The Labute approximate surface area is 97.8 Å². The van der Waals surface area contributed by atoms with Gasteiger partial charge in [0.1, 0.15) is 11.4 Å². The summed E-state index contributed by atoms with van der Waals surface area (Å²) in [6, 6.07) is 8.82. The molecule has 0 atom stereocenters. The first-order chi connectivity index (χ1) is 8.16. The van der Waals surface area contributed by atoms with Gasteiger partial charge in [-0.15, -0.1) is 0 Å².